The van der Waals surface area contributed by atoms with Crippen molar-refractivity contribution in [1.82, 2.24) is 10.6 Å². The highest BCUT2D eigenvalue weighted by molar-refractivity contribution is 6.01. The van der Waals surface area contributed by atoms with Gasteiger partial charge in [0.05, 0.1) is 5.41 Å². The van der Waals surface area contributed by atoms with Crippen LogP contribution in [-0.4, -0.2) is 19.4 Å². The van der Waals surface area contributed by atoms with Gasteiger partial charge in [0.15, 0.2) is 0 Å². The maximum Gasteiger partial charge on any atom is 0.129 e. The number of fused-ring (bicyclic) bond motifs is 10. The third-order valence-electron chi connectivity index (χ3n) is 11.1. The highest BCUT2D eigenvalue weighted by Gasteiger charge is 2.54. The third kappa shape index (κ3) is 5.18. The minimum Gasteiger partial charge on any atom is -0.351 e. The lowest BCUT2D eigenvalue weighted by Gasteiger charge is -2.32. The van der Waals surface area contributed by atoms with Gasteiger partial charge in [-0.3, -0.25) is 10.3 Å². The fraction of sp³-hybridized carbons (Fsp3) is 0.255. The molecule has 0 saturated heterocycles. The normalized spacial score (nSPS) is 22.3. The lowest BCUT2D eigenvalue weighted by Crippen LogP contribution is -2.37. The zero-order valence-electron chi connectivity index (χ0n) is 29.9. The summed E-state index contributed by atoms with van der Waals surface area (Å²) in [6.07, 6.45) is 19.0. The van der Waals surface area contributed by atoms with E-state index in [1.54, 1.807) is 0 Å². The molecule has 0 aromatic heterocycles. The largest absolute Gasteiger partial charge is 0.351 e. The molecule has 0 amide bonds. The molecule has 0 saturated carbocycles. The Balaban J connectivity index is 1.30. The van der Waals surface area contributed by atoms with Gasteiger partial charge in [0.1, 0.15) is 12.0 Å². The zero-order valence-corrected chi connectivity index (χ0v) is 29.9. The van der Waals surface area contributed by atoms with Gasteiger partial charge in [-0.15, -0.1) is 0 Å². The lowest BCUT2D eigenvalue weighted by atomic mass is 9.69. The molecule has 4 unspecified atom stereocenters. The molecule has 4 aliphatic carbocycles. The van der Waals surface area contributed by atoms with E-state index in [0.717, 1.165) is 24.4 Å². The molecule has 4 aromatic carbocycles. The molecule has 3 nitrogen and oxygen atoms in total. The summed E-state index contributed by atoms with van der Waals surface area (Å²) in [5.74, 6) is 1.73. The first-order valence-corrected chi connectivity index (χ1v) is 18.2. The van der Waals surface area contributed by atoms with E-state index in [4.69, 9.17) is 4.99 Å². The third-order valence-corrected chi connectivity index (χ3v) is 11.1. The van der Waals surface area contributed by atoms with Crippen molar-refractivity contribution in [2.75, 3.05) is 13.6 Å². The van der Waals surface area contributed by atoms with Gasteiger partial charge in [-0.2, -0.15) is 0 Å². The van der Waals surface area contributed by atoms with Crippen molar-refractivity contribution in [2.45, 2.75) is 51.1 Å². The van der Waals surface area contributed by atoms with Crippen molar-refractivity contribution < 1.29 is 0 Å². The maximum absolute atomic E-state index is 5.25. The number of nitrogens with one attached hydrogen (secondary N) is 2. The molecule has 2 N–H and O–H groups in total. The Bertz CT molecular complexity index is 2130. The van der Waals surface area contributed by atoms with Gasteiger partial charge in [-0.25, -0.2) is 0 Å². The predicted molar refractivity (Wildman–Crippen MR) is 210 cm³/mol. The molecule has 4 aliphatic rings. The van der Waals surface area contributed by atoms with Crippen LogP contribution >= 0.6 is 0 Å². The average Bonchev–Trinajstić information content (AvgIpc) is 3.43. The molecule has 50 heavy (non-hydrogen) atoms. The number of amidine groups is 1. The fourth-order valence-corrected chi connectivity index (χ4v) is 8.64. The second-order valence-corrected chi connectivity index (χ2v) is 15.2. The van der Waals surface area contributed by atoms with Crippen molar-refractivity contribution in [3.63, 3.8) is 0 Å². The molecule has 1 spiro atoms. The Kier molecular flexibility index (Phi) is 8.20. The Labute approximate surface area is 298 Å². The first kappa shape index (κ1) is 32.2. The minimum atomic E-state index is -0.412. The smallest absolute Gasteiger partial charge is 0.129 e. The Morgan fingerprint density at radius 3 is 2.42 bits per heavy atom. The van der Waals surface area contributed by atoms with Crippen molar-refractivity contribution in [3.05, 3.63) is 184 Å². The first-order valence-electron chi connectivity index (χ1n) is 18.2. The molecule has 4 aromatic rings. The van der Waals surface area contributed by atoms with Crippen LogP contribution in [0.1, 0.15) is 79.2 Å². The quantitative estimate of drug-likeness (QED) is 0.123. The molecule has 250 valence electrons. The van der Waals surface area contributed by atoms with Crippen LogP contribution < -0.4 is 10.6 Å². The molecule has 0 radical (unpaired) electrons. The summed E-state index contributed by atoms with van der Waals surface area (Å²) in [5, 5.41) is 7.49. The summed E-state index contributed by atoms with van der Waals surface area (Å²) in [6.45, 7) is 10.0. The highest BCUT2D eigenvalue weighted by atomic mass is 15.1. The number of hydrogen-bond acceptors (Lipinski definition) is 2. The van der Waals surface area contributed by atoms with Crippen LogP contribution in [0.3, 0.4) is 0 Å². The second-order valence-electron chi connectivity index (χ2n) is 15.2. The van der Waals surface area contributed by atoms with Gasteiger partial charge in [0.25, 0.3) is 0 Å². The standard InChI is InChI=1S/C47H47N3/c1-31-17-12-13-20-34(31)30-49-45(32-18-8-6-9-19-32)50-44(48-5)33-27-28-37-42(29-33)47(41-26-16-25-40(43(37)41)46(2,3)4)38-23-11-7-10-21-35(38)36-22-14-15-24-39(36)47/h6-9,11-29,31,34,44,48H,10,30H2,1-5H3,(H,49,50). The van der Waals surface area contributed by atoms with Gasteiger partial charge in [-0.1, -0.05) is 167 Å². The van der Waals surface area contributed by atoms with Gasteiger partial charge < -0.3 is 5.32 Å². The molecule has 3 heteroatoms. The van der Waals surface area contributed by atoms with Crippen LogP contribution in [0.5, 0.6) is 0 Å². The van der Waals surface area contributed by atoms with Crippen LogP contribution in [0.4, 0.5) is 0 Å². The van der Waals surface area contributed by atoms with Crippen LogP contribution in [0.2, 0.25) is 0 Å². The average molecular weight is 654 g/mol. The molecule has 0 bridgehead atoms. The second kappa shape index (κ2) is 12.7. The van der Waals surface area contributed by atoms with E-state index in [9.17, 15) is 0 Å². The monoisotopic (exact) mass is 653 g/mol. The summed E-state index contributed by atoms with van der Waals surface area (Å²) in [6, 6.07) is 33.8. The summed E-state index contributed by atoms with van der Waals surface area (Å²) in [5.41, 5.74) is 14.2. The number of allylic oxidation sites excluding steroid dienone is 9. The summed E-state index contributed by atoms with van der Waals surface area (Å²) >= 11 is 0. The molecule has 8 rings (SSSR count). The van der Waals surface area contributed by atoms with E-state index in [0.29, 0.717) is 11.8 Å². The van der Waals surface area contributed by atoms with E-state index in [-0.39, 0.29) is 11.6 Å². The molecular formula is C47H47N3. The minimum absolute atomic E-state index is 0.0156. The molecular weight excluding hydrogens is 607 g/mol. The lowest BCUT2D eigenvalue weighted by molar-refractivity contribution is 0.513. The molecule has 0 aliphatic heterocycles. The summed E-state index contributed by atoms with van der Waals surface area (Å²) in [4.78, 5) is 5.25. The maximum atomic E-state index is 5.25. The van der Waals surface area contributed by atoms with E-state index < -0.39 is 5.41 Å². The highest BCUT2D eigenvalue weighted by Crippen LogP contribution is 2.65. The van der Waals surface area contributed by atoms with Crippen molar-refractivity contribution >= 4 is 11.4 Å². The van der Waals surface area contributed by atoms with E-state index in [1.165, 1.54) is 55.7 Å². The number of hydrogen-bond donors (Lipinski definition) is 2. The Morgan fingerprint density at radius 2 is 1.62 bits per heavy atom. The number of rotatable bonds is 6. The van der Waals surface area contributed by atoms with Crippen molar-refractivity contribution in [1.29, 1.82) is 0 Å². The van der Waals surface area contributed by atoms with Gasteiger partial charge in [-0.05, 0) is 80.5 Å². The van der Waals surface area contributed by atoms with Crippen LogP contribution in [0, 0.1) is 11.8 Å². The van der Waals surface area contributed by atoms with Gasteiger partial charge in [0, 0.05) is 18.0 Å². The van der Waals surface area contributed by atoms with Crippen LogP contribution in [-0.2, 0) is 10.8 Å². The first-order chi connectivity index (χ1) is 24.3. The SMILES string of the molecule is CNC(NC(=NCC1C=CC=CC1C)c1ccccc1)c1ccc2c(c1)C1(C3=CC=CCC=C3c3ccccc31)c1cccc(C(C)(C)C)c1-2. The zero-order chi connectivity index (χ0) is 34.5. The molecule has 0 heterocycles. The Morgan fingerprint density at radius 1 is 0.840 bits per heavy atom. The number of benzene rings is 4. The van der Waals surface area contributed by atoms with Crippen molar-refractivity contribution in [2.24, 2.45) is 16.8 Å². The topological polar surface area (TPSA) is 36.4 Å². The number of aliphatic imine (C=N–C) groups is 1. The van der Waals surface area contributed by atoms with Crippen molar-refractivity contribution in [3.8, 4) is 11.1 Å². The van der Waals surface area contributed by atoms with Gasteiger partial charge in [0.2, 0.25) is 0 Å². The molecule has 4 atom stereocenters. The molecule has 0 fully saturated rings. The van der Waals surface area contributed by atoms with Crippen LogP contribution in [0.15, 0.2) is 150 Å². The van der Waals surface area contributed by atoms with E-state index >= 15 is 0 Å². The van der Waals surface area contributed by atoms with Crippen LogP contribution in [0.25, 0.3) is 16.7 Å². The fourth-order valence-electron chi connectivity index (χ4n) is 8.64. The van der Waals surface area contributed by atoms with E-state index in [2.05, 4.69) is 178 Å². The Hall–Kier alpha value is -4.99. The van der Waals surface area contributed by atoms with E-state index in [1.807, 2.05) is 7.05 Å². The summed E-state index contributed by atoms with van der Waals surface area (Å²) in [7, 11) is 2.04. The van der Waals surface area contributed by atoms with Gasteiger partial charge >= 0.3 is 0 Å². The summed E-state index contributed by atoms with van der Waals surface area (Å²) < 4.78 is 0. The number of nitrogens with zero attached hydrogens (tertiary/aromatic N) is 1. The predicted octanol–water partition coefficient (Wildman–Crippen LogP) is 10.2.